The van der Waals surface area contributed by atoms with Gasteiger partial charge in [0.05, 0.1) is 0 Å². The summed E-state index contributed by atoms with van der Waals surface area (Å²) in [7, 11) is 0. The number of aryl methyl sites for hydroxylation is 1. The molecule has 0 fully saturated rings. The minimum absolute atomic E-state index is 0.0870. The molecule has 0 atom stereocenters. The van der Waals surface area contributed by atoms with Crippen LogP contribution in [0.2, 0.25) is 0 Å². The van der Waals surface area contributed by atoms with Gasteiger partial charge < -0.3 is 4.42 Å². The lowest BCUT2D eigenvalue weighted by Crippen LogP contribution is -2.28. The molecule has 124 valence electrons. The molecule has 0 radical (unpaired) electrons. The third-order valence-electron chi connectivity index (χ3n) is 4.63. The summed E-state index contributed by atoms with van der Waals surface area (Å²) in [6.07, 6.45) is 2.90. The lowest BCUT2D eigenvalue weighted by Gasteiger charge is -2.18. The van der Waals surface area contributed by atoms with E-state index in [4.69, 9.17) is 4.42 Å². The molecular weight excluding hydrogens is 302 g/mol. The Balaban J connectivity index is 1.81. The first-order valence-corrected chi connectivity index (χ1v) is 8.45. The molecule has 1 aliphatic rings. The molecule has 0 aliphatic carbocycles. The van der Waals surface area contributed by atoms with Crippen molar-refractivity contribution < 1.29 is 4.42 Å². The lowest BCUT2D eigenvalue weighted by molar-refractivity contribution is 0.494. The van der Waals surface area contributed by atoms with Crippen LogP contribution < -0.4 is 5.56 Å². The maximum absolute atomic E-state index is 12.6. The molecular formula is C19H21N3O2. The summed E-state index contributed by atoms with van der Waals surface area (Å²) in [5.74, 6) is 1.27. The summed E-state index contributed by atoms with van der Waals surface area (Å²) in [4.78, 5) is 21.5. The first-order chi connectivity index (χ1) is 11.4. The van der Waals surface area contributed by atoms with Crippen molar-refractivity contribution >= 4 is 11.2 Å². The van der Waals surface area contributed by atoms with Crippen molar-refractivity contribution in [2.24, 2.45) is 0 Å². The minimum Gasteiger partial charge on any atom is -0.417 e. The molecule has 5 heteroatoms. The van der Waals surface area contributed by atoms with Crippen LogP contribution in [-0.2, 0) is 18.4 Å². The van der Waals surface area contributed by atoms with Crippen LogP contribution in [0.4, 0.5) is 0 Å². The third kappa shape index (κ3) is 2.44. The van der Waals surface area contributed by atoms with Gasteiger partial charge in [0.15, 0.2) is 5.52 Å². The third-order valence-corrected chi connectivity index (χ3v) is 4.63. The zero-order chi connectivity index (χ0) is 16.9. The second kappa shape index (κ2) is 5.30. The molecule has 2 aromatic heterocycles. The van der Waals surface area contributed by atoms with Gasteiger partial charge in [-0.25, -0.2) is 4.98 Å². The normalized spacial score (nSPS) is 14.8. The molecule has 0 saturated heterocycles. The van der Waals surface area contributed by atoms with Crippen LogP contribution in [0.25, 0.3) is 22.7 Å². The summed E-state index contributed by atoms with van der Waals surface area (Å²) in [6.45, 7) is 7.25. The molecule has 0 spiro atoms. The molecule has 3 aromatic rings. The Morgan fingerprint density at radius 1 is 1.08 bits per heavy atom. The second-order valence-electron chi connectivity index (χ2n) is 7.44. The zero-order valence-corrected chi connectivity index (χ0v) is 14.3. The highest BCUT2D eigenvalue weighted by atomic mass is 16.4. The van der Waals surface area contributed by atoms with Crippen LogP contribution in [0.15, 0.2) is 33.5 Å². The molecule has 4 rings (SSSR count). The van der Waals surface area contributed by atoms with E-state index in [0.29, 0.717) is 17.1 Å². The van der Waals surface area contributed by atoms with Crippen molar-refractivity contribution in [2.45, 2.75) is 52.0 Å². The fraction of sp³-hybridized carbons (Fsp3) is 0.421. The van der Waals surface area contributed by atoms with Gasteiger partial charge in [0.1, 0.15) is 5.82 Å². The Morgan fingerprint density at radius 2 is 1.83 bits per heavy atom. The number of benzene rings is 1. The smallest absolute Gasteiger partial charge is 0.283 e. The molecule has 0 bridgehead atoms. The van der Waals surface area contributed by atoms with Crippen molar-refractivity contribution in [1.82, 2.24) is 14.5 Å². The molecule has 0 unspecified atom stereocenters. The second-order valence-corrected chi connectivity index (χ2v) is 7.44. The lowest BCUT2D eigenvalue weighted by atomic mass is 9.87. The Morgan fingerprint density at radius 3 is 2.54 bits per heavy atom. The van der Waals surface area contributed by atoms with Gasteiger partial charge in [0, 0.05) is 18.5 Å². The number of hydrogen-bond donors (Lipinski definition) is 0. The molecule has 3 heterocycles. The van der Waals surface area contributed by atoms with E-state index in [1.807, 2.05) is 12.1 Å². The van der Waals surface area contributed by atoms with E-state index in [2.05, 4.69) is 42.9 Å². The number of rotatable bonds is 1. The van der Waals surface area contributed by atoms with Gasteiger partial charge in [-0.15, -0.1) is 0 Å². The number of hydrogen-bond acceptors (Lipinski definition) is 4. The quantitative estimate of drug-likeness (QED) is 0.685. The maximum atomic E-state index is 12.6. The van der Waals surface area contributed by atoms with Crippen molar-refractivity contribution in [2.75, 3.05) is 0 Å². The van der Waals surface area contributed by atoms with Gasteiger partial charge in [0.25, 0.3) is 11.3 Å². The summed E-state index contributed by atoms with van der Waals surface area (Å²) >= 11 is 0. The molecule has 0 N–H and O–H groups in total. The topological polar surface area (TPSA) is 60.9 Å². The maximum Gasteiger partial charge on any atom is 0.283 e. The van der Waals surface area contributed by atoms with E-state index in [1.165, 1.54) is 5.56 Å². The Labute approximate surface area is 140 Å². The fourth-order valence-electron chi connectivity index (χ4n) is 3.16. The van der Waals surface area contributed by atoms with Crippen LogP contribution in [0.3, 0.4) is 0 Å². The highest BCUT2D eigenvalue weighted by Crippen LogP contribution is 2.27. The standard InChI is InChI=1S/C19H21N3O2/c1-19(2,3)13-9-7-12(8-10-13)16-21-15-17(24-16)20-14-6-4-5-11-22(14)18(15)23/h7-10H,4-6,11H2,1-3H3. The summed E-state index contributed by atoms with van der Waals surface area (Å²) in [5, 5.41) is 0. The van der Waals surface area contributed by atoms with Crippen LogP contribution in [-0.4, -0.2) is 14.5 Å². The SMILES string of the molecule is CC(C)(C)c1ccc(-c2nc3c(=O)n4c(nc3o2)CCCC4)cc1. The van der Waals surface area contributed by atoms with Gasteiger partial charge in [-0.05, 0) is 36.0 Å². The van der Waals surface area contributed by atoms with E-state index < -0.39 is 0 Å². The van der Waals surface area contributed by atoms with Crippen LogP contribution in [0.1, 0.15) is 45.0 Å². The predicted molar refractivity (Wildman–Crippen MR) is 93.1 cm³/mol. The molecule has 0 amide bonds. The van der Waals surface area contributed by atoms with E-state index in [0.717, 1.165) is 37.2 Å². The van der Waals surface area contributed by atoms with E-state index in [-0.39, 0.29) is 11.0 Å². The number of aromatic nitrogens is 3. The highest BCUT2D eigenvalue weighted by molar-refractivity contribution is 5.71. The average molecular weight is 323 g/mol. The highest BCUT2D eigenvalue weighted by Gasteiger charge is 2.20. The Bertz CT molecular complexity index is 959. The van der Waals surface area contributed by atoms with Gasteiger partial charge in [-0.1, -0.05) is 32.9 Å². The summed E-state index contributed by atoms with van der Waals surface area (Å²) in [5.41, 5.74) is 2.80. The summed E-state index contributed by atoms with van der Waals surface area (Å²) < 4.78 is 7.53. The zero-order valence-electron chi connectivity index (χ0n) is 14.3. The van der Waals surface area contributed by atoms with Crippen molar-refractivity contribution in [3.8, 4) is 11.5 Å². The minimum atomic E-state index is -0.0870. The van der Waals surface area contributed by atoms with Gasteiger partial charge in [-0.2, -0.15) is 4.98 Å². The number of oxazole rings is 1. The molecule has 5 nitrogen and oxygen atoms in total. The van der Waals surface area contributed by atoms with Crippen molar-refractivity contribution in [1.29, 1.82) is 0 Å². The largest absolute Gasteiger partial charge is 0.417 e. The van der Waals surface area contributed by atoms with Crippen LogP contribution in [0.5, 0.6) is 0 Å². The first kappa shape index (κ1) is 15.1. The summed E-state index contributed by atoms with van der Waals surface area (Å²) in [6, 6.07) is 8.14. The first-order valence-electron chi connectivity index (χ1n) is 8.45. The monoisotopic (exact) mass is 323 g/mol. The Hall–Kier alpha value is -2.43. The molecule has 0 saturated carbocycles. The number of nitrogens with zero attached hydrogens (tertiary/aromatic N) is 3. The van der Waals surface area contributed by atoms with Gasteiger partial charge >= 0.3 is 0 Å². The van der Waals surface area contributed by atoms with Gasteiger partial charge in [-0.3, -0.25) is 9.36 Å². The van der Waals surface area contributed by atoms with E-state index in [9.17, 15) is 4.79 Å². The molecule has 1 aliphatic heterocycles. The Kier molecular flexibility index (Phi) is 3.34. The van der Waals surface area contributed by atoms with E-state index >= 15 is 0 Å². The van der Waals surface area contributed by atoms with Crippen molar-refractivity contribution in [3.05, 3.63) is 46.0 Å². The molecule has 24 heavy (non-hydrogen) atoms. The number of fused-ring (bicyclic) bond motifs is 2. The molecule has 1 aromatic carbocycles. The van der Waals surface area contributed by atoms with Crippen LogP contribution in [0, 0.1) is 0 Å². The van der Waals surface area contributed by atoms with E-state index in [1.54, 1.807) is 4.57 Å². The van der Waals surface area contributed by atoms with Crippen LogP contribution >= 0.6 is 0 Å². The predicted octanol–water partition coefficient (Wildman–Crippen LogP) is 3.69. The average Bonchev–Trinajstić information content (AvgIpc) is 2.99. The van der Waals surface area contributed by atoms with Crippen molar-refractivity contribution in [3.63, 3.8) is 0 Å². The van der Waals surface area contributed by atoms with Gasteiger partial charge in [0.2, 0.25) is 5.89 Å². The fourth-order valence-corrected chi connectivity index (χ4v) is 3.16.